The molecule has 2 fully saturated rings. The van der Waals surface area contributed by atoms with Crippen LogP contribution in [0.2, 0.25) is 0 Å². The second-order valence-corrected chi connectivity index (χ2v) is 6.76. The Bertz CT molecular complexity index is 484. The first-order valence-electron chi connectivity index (χ1n) is 8.14. The predicted octanol–water partition coefficient (Wildman–Crippen LogP) is 1.23. The molecule has 3 rings (SSSR count). The second-order valence-electron chi connectivity index (χ2n) is 6.76. The van der Waals surface area contributed by atoms with Crippen LogP contribution < -0.4 is 11.1 Å². The normalized spacial score (nSPS) is 31.9. The molecule has 3 N–H and O–H groups in total. The number of aromatic nitrogens is 2. The first-order valence-corrected chi connectivity index (χ1v) is 8.14. The van der Waals surface area contributed by atoms with Crippen LogP contribution in [0.15, 0.2) is 12.4 Å². The molecule has 2 bridgehead atoms. The van der Waals surface area contributed by atoms with E-state index >= 15 is 0 Å². The first kappa shape index (κ1) is 14.6. The van der Waals surface area contributed by atoms with Gasteiger partial charge in [-0.1, -0.05) is 6.42 Å². The summed E-state index contributed by atoms with van der Waals surface area (Å²) in [6.45, 7) is 0.697. The van der Waals surface area contributed by atoms with Gasteiger partial charge in [-0.3, -0.25) is 9.48 Å². The SMILES string of the molecule is Cn1cc(CCNC(=O)C2CC3CCCC(C2)C3N)cn1. The molecule has 0 saturated heterocycles. The lowest BCUT2D eigenvalue weighted by Crippen LogP contribution is -2.49. The highest BCUT2D eigenvalue weighted by molar-refractivity contribution is 5.78. The number of nitrogens with one attached hydrogen (secondary N) is 1. The van der Waals surface area contributed by atoms with E-state index in [-0.39, 0.29) is 11.8 Å². The molecule has 116 valence electrons. The van der Waals surface area contributed by atoms with Gasteiger partial charge in [0.05, 0.1) is 6.20 Å². The maximum absolute atomic E-state index is 12.4. The Kier molecular flexibility index (Phi) is 4.29. The van der Waals surface area contributed by atoms with Crippen molar-refractivity contribution in [3.63, 3.8) is 0 Å². The molecule has 1 amide bonds. The Balaban J connectivity index is 1.47. The lowest BCUT2D eigenvalue weighted by atomic mass is 9.65. The summed E-state index contributed by atoms with van der Waals surface area (Å²) in [5.74, 6) is 1.52. The van der Waals surface area contributed by atoms with Crippen LogP contribution in [-0.2, 0) is 18.3 Å². The highest BCUT2D eigenvalue weighted by Crippen LogP contribution is 2.41. The standard InChI is InChI=1S/C16H26N4O/c1-20-10-11(9-19-20)5-6-18-16(21)14-7-12-3-2-4-13(8-14)15(12)17/h9-10,12-15H,2-8,17H2,1H3,(H,18,21). The molecule has 1 aromatic rings. The topological polar surface area (TPSA) is 72.9 Å². The number of hydrogen-bond acceptors (Lipinski definition) is 3. The molecule has 0 aromatic carbocycles. The van der Waals surface area contributed by atoms with Crippen LogP contribution in [0.3, 0.4) is 0 Å². The Hall–Kier alpha value is -1.36. The van der Waals surface area contributed by atoms with Gasteiger partial charge in [0.2, 0.25) is 5.91 Å². The predicted molar refractivity (Wildman–Crippen MR) is 81.5 cm³/mol. The molecule has 5 nitrogen and oxygen atoms in total. The van der Waals surface area contributed by atoms with Crippen molar-refractivity contribution in [3.8, 4) is 0 Å². The summed E-state index contributed by atoms with van der Waals surface area (Å²) in [6.07, 6.45) is 10.4. The maximum atomic E-state index is 12.4. The van der Waals surface area contributed by atoms with Crippen LogP contribution >= 0.6 is 0 Å². The van der Waals surface area contributed by atoms with Crippen molar-refractivity contribution in [3.05, 3.63) is 18.0 Å². The molecule has 2 unspecified atom stereocenters. The van der Waals surface area contributed by atoms with Gasteiger partial charge in [0, 0.05) is 31.7 Å². The lowest BCUT2D eigenvalue weighted by Gasteiger charge is -2.43. The largest absolute Gasteiger partial charge is 0.356 e. The Morgan fingerprint density at radius 3 is 2.76 bits per heavy atom. The van der Waals surface area contributed by atoms with Gasteiger partial charge in [-0.25, -0.2) is 0 Å². The summed E-state index contributed by atoms with van der Waals surface area (Å²) >= 11 is 0. The van der Waals surface area contributed by atoms with E-state index < -0.39 is 0 Å². The summed E-state index contributed by atoms with van der Waals surface area (Å²) in [4.78, 5) is 12.4. The molecule has 0 spiro atoms. The third kappa shape index (κ3) is 3.28. The first-order chi connectivity index (χ1) is 10.1. The zero-order chi connectivity index (χ0) is 14.8. The summed E-state index contributed by atoms with van der Waals surface area (Å²) in [5, 5.41) is 7.24. The zero-order valence-corrected chi connectivity index (χ0v) is 12.8. The third-order valence-electron chi connectivity index (χ3n) is 5.26. The number of nitrogens with two attached hydrogens (primary N) is 1. The van der Waals surface area contributed by atoms with Crippen LogP contribution in [0.5, 0.6) is 0 Å². The number of fused-ring (bicyclic) bond motifs is 2. The molecule has 1 aromatic heterocycles. The van der Waals surface area contributed by atoms with Crippen LogP contribution in [0.1, 0.15) is 37.7 Å². The fraction of sp³-hybridized carbons (Fsp3) is 0.750. The molecule has 2 aliphatic rings. The van der Waals surface area contributed by atoms with E-state index in [9.17, 15) is 4.79 Å². The quantitative estimate of drug-likeness (QED) is 0.876. The van der Waals surface area contributed by atoms with Crippen molar-refractivity contribution in [2.24, 2.45) is 30.5 Å². The van der Waals surface area contributed by atoms with E-state index in [1.165, 1.54) is 24.8 Å². The molecular weight excluding hydrogens is 264 g/mol. The van der Waals surface area contributed by atoms with Crippen LogP contribution in [0, 0.1) is 17.8 Å². The van der Waals surface area contributed by atoms with Gasteiger partial charge in [0.1, 0.15) is 0 Å². The van der Waals surface area contributed by atoms with Crippen molar-refractivity contribution in [2.75, 3.05) is 6.54 Å². The number of hydrogen-bond donors (Lipinski definition) is 2. The number of amides is 1. The Morgan fingerprint density at radius 1 is 1.43 bits per heavy atom. The smallest absolute Gasteiger partial charge is 0.223 e. The summed E-state index contributed by atoms with van der Waals surface area (Å²) < 4.78 is 1.79. The van der Waals surface area contributed by atoms with Crippen molar-refractivity contribution >= 4 is 5.91 Å². The van der Waals surface area contributed by atoms with Gasteiger partial charge in [-0.05, 0) is 49.5 Å². The monoisotopic (exact) mass is 290 g/mol. The molecule has 2 saturated carbocycles. The maximum Gasteiger partial charge on any atom is 0.223 e. The van der Waals surface area contributed by atoms with Crippen molar-refractivity contribution in [2.45, 2.75) is 44.6 Å². The summed E-state index contributed by atoms with van der Waals surface area (Å²) in [5.41, 5.74) is 7.45. The minimum Gasteiger partial charge on any atom is -0.356 e. The highest BCUT2D eigenvalue weighted by Gasteiger charge is 2.40. The average Bonchev–Trinajstić information content (AvgIpc) is 2.84. The molecule has 0 aliphatic heterocycles. The number of aryl methyl sites for hydroxylation is 1. The van der Waals surface area contributed by atoms with Crippen molar-refractivity contribution in [1.82, 2.24) is 15.1 Å². The highest BCUT2D eigenvalue weighted by atomic mass is 16.1. The third-order valence-corrected chi connectivity index (χ3v) is 5.26. The molecular formula is C16H26N4O. The van der Waals surface area contributed by atoms with E-state index in [0.29, 0.717) is 24.4 Å². The van der Waals surface area contributed by atoms with Gasteiger partial charge >= 0.3 is 0 Å². The van der Waals surface area contributed by atoms with Crippen molar-refractivity contribution in [1.29, 1.82) is 0 Å². The fourth-order valence-electron chi connectivity index (χ4n) is 4.08. The Labute approximate surface area is 126 Å². The minimum atomic E-state index is 0.175. The molecule has 1 heterocycles. The number of nitrogens with zero attached hydrogens (tertiary/aromatic N) is 2. The zero-order valence-electron chi connectivity index (χ0n) is 12.8. The van der Waals surface area contributed by atoms with Crippen LogP contribution in [0.4, 0.5) is 0 Å². The van der Waals surface area contributed by atoms with Gasteiger partial charge in [-0.2, -0.15) is 5.10 Å². The van der Waals surface area contributed by atoms with Gasteiger partial charge in [0.15, 0.2) is 0 Å². The number of carbonyl (C=O) groups is 1. The van der Waals surface area contributed by atoms with E-state index in [0.717, 1.165) is 19.3 Å². The van der Waals surface area contributed by atoms with E-state index in [2.05, 4.69) is 10.4 Å². The van der Waals surface area contributed by atoms with E-state index in [1.807, 2.05) is 19.4 Å². The van der Waals surface area contributed by atoms with Crippen molar-refractivity contribution < 1.29 is 4.79 Å². The molecule has 2 atom stereocenters. The van der Waals surface area contributed by atoms with E-state index in [1.54, 1.807) is 4.68 Å². The molecule has 5 heteroatoms. The second kappa shape index (κ2) is 6.18. The average molecular weight is 290 g/mol. The van der Waals surface area contributed by atoms with Gasteiger partial charge in [-0.15, -0.1) is 0 Å². The molecule has 2 aliphatic carbocycles. The fourth-order valence-corrected chi connectivity index (χ4v) is 4.08. The van der Waals surface area contributed by atoms with Crippen LogP contribution in [0.25, 0.3) is 0 Å². The van der Waals surface area contributed by atoms with E-state index in [4.69, 9.17) is 5.73 Å². The Morgan fingerprint density at radius 2 is 2.14 bits per heavy atom. The summed E-state index contributed by atoms with van der Waals surface area (Å²) in [7, 11) is 1.91. The lowest BCUT2D eigenvalue weighted by molar-refractivity contribution is -0.127. The molecule has 21 heavy (non-hydrogen) atoms. The molecule has 0 radical (unpaired) electrons. The number of carbonyl (C=O) groups excluding carboxylic acids is 1. The van der Waals surface area contributed by atoms with Gasteiger partial charge in [0.25, 0.3) is 0 Å². The minimum absolute atomic E-state index is 0.175. The number of rotatable bonds is 4. The van der Waals surface area contributed by atoms with Crippen LogP contribution in [-0.4, -0.2) is 28.3 Å². The van der Waals surface area contributed by atoms with Gasteiger partial charge < -0.3 is 11.1 Å². The summed E-state index contributed by atoms with van der Waals surface area (Å²) in [6, 6.07) is 0.332.